The van der Waals surface area contributed by atoms with Crippen LogP contribution < -0.4 is 5.32 Å². The Morgan fingerprint density at radius 2 is 1.96 bits per heavy atom. The van der Waals surface area contributed by atoms with Crippen LogP contribution in [0.4, 0.5) is 13.2 Å². The number of alkyl halides is 3. The highest BCUT2D eigenvalue weighted by atomic mass is 32.1. The molecule has 2 fully saturated rings. The summed E-state index contributed by atoms with van der Waals surface area (Å²) in [7, 11) is 0. The first kappa shape index (κ1) is 19.7. The lowest BCUT2D eigenvalue weighted by Crippen LogP contribution is -2.57. The average molecular weight is 378 g/mol. The van der Waals surface area contributed by atoms with Crippen molar-refractivity contribution in [3.63, 3.8) is 0 Å². The fourth-order valence-corrected chi connectivity index (χ4v) is 3.89. The van der Waals surface area contributed by atoms with Crippen LogP contribution in [-0.2, 0) is 16.1 Å². The molecule has 140 valence electrons. The van der Waals surface area contributed by atoms with Gasteiger partial charge in [0.15, 0.2) is 0 Å². The number of thiophene rings is 1. The number of carbonyl (C=O) groups excluding carboxylic acids is 1. The molecule has 0 atom stereocenters. The van der Waals surface area contributed by atoms with Crippen molar-refractivity contribution >= 4 is 23.2 Å². The summed E-state index contributed by atoms with van der Waals surface area (Å²) >= 11 is 1.83. The van der Waals surface area contributed by atoms with E-state index in [0.29, 0.717) is 0 Å². The zero-order valence-electron chi connectivity index (χ0n) is 13.6. The monoisotopic (exact) mass is 378 g/mol. The first-order valence-electron chi connectivity index (χ1n) is 8.06. The molecule has 1 aromatic rings. The van der Waals surface area contributed by atoms with Gasteiger partial charge in [0.05, 0.1) is 0 Å². The Kier molecular flexibility index (Phi) is 6.45. The van der Waals surface area contributed by atoms with E-state index in [-0.39, 0.29) is 11.4 Å². The van der Waals surface area contributed by atoms with Gasteiger partial charge in [-0.25, -0.2) is 4.79 Å². The molecule has 0 saturated carbocycles. The maximum absolute atomic E-state index is 11.6. The van der Waals surface area contributed by atoms with Crippen molar-refractivity contribution in [3.05, 3.63) is 22.4 Å². The Balaban J connectivity index is 0.000000277. The van der Waals surface area contributed by atoms with Gasteiger partial charge in [-0.2, -0.15) is 13.2 Å². The average Bonchev–Trinajstić information content (AvgIpc) is 3.02. The Morgan fingerprint density at radius 3 is 2.44 bits per heavy atom. The van der Waals surface area contributed by atoms with Gasteiger partial charge in [0.25, 0.3) is 0 Å². The van der Waals surface area contributed by atoms with Gasteiger partial charge in [-0.3, -0.25) is 9.69 Å². The summed E-state index contributed by atoms with van der Waals surface area (Å²) < 4.78 is 31.7. The van der Waals surface area contributed by atoms with E-state index in [1.165, 1.54) is 11.3 Å². The van der Waals surface area contributed by atoms with Gasteiger partial charge < -0.3 is 10.4 Å². The quantitative estimate of drug-likeness (QED) is 0.830. The molecule has 25 heavy (non-hydrogen) atoms. The number of nitrogens with one attached hydrogen (secondary N) is 1. The lowest BCUT2D eigenvalue weighted by molar-refractivity contribution is -0.192. The largest absolute Gasteiger partial charge is 0.490 e. The second-order valence-electron chi connectivity index (χ2n) is 6.34. The van der Waals surface area contributed by atoms with Crippen molar-refractivity contribution in [1.82, 2.24) is 10.2 Å². The molecule has 9 heteroatoms. The van der Waals surface area contributed by atoms with Crippen LogP contribution in [0.15, 0.2) is 17.5 Å². The first-order valence-corrected chi connectivity index (χ1v) is 8.94. The predicted molar refractivity (Wildman–Crippen MR) is 87.2 cm³/mol. The highest BCUT2D eigenvalue weighted by Crippen LogP contribution is 2.31. The molecule has 1 spiro atoms. The third-order valence-electron chi connectivity index (χ3n) is 4.48. The Hall–Kier alpha value is -1.61. The predicted octanol–water partition coefficient (Wildman–Crippen LogP) is 3.02. The summed E-state index contributed by atoms with van der Waals surface area (Å²) in [4.78, 5) is 24.4. The molecule has 0 aliphatic carbocycles. The third-order valence-corrected chi connectivity index (χ3v) is 5.34. The minimum atomic E-state index is -5.08. The fraction of sp³-hybridized carbons (Fsp3) is 0.625. The highest BCUT2D eigenvalue weighted by Gasteiger charge is 2.38. The summed E-state index contributed by atoms with van der Waals surface area (Å²) in [6.07, 6.45) is 0.108. The molecule has 0 bridgehead atoms. The van der Waals surface area contributed by atoms with Crippen molar-refractivity contribution in [2.75, 3.05) is 13.1 Å². The van der Waals surface area contributed by atoms with E-state index >= 15 is 0 Å². The van der Waals surface area contributed by atoms with E-state index in [1.807, 2.05) is 11.3 Å². The maximum Gasteiger partial charge on any atom is 0.490 e. The number of aliphatic carboxylic acids is 1. The maximum atomic E-state index is 11.6. The third kappa shape index (κ3) is 6.00. The summed E-state index contributed by atoms with van der Waals surface area (Å²) in [5.74, 6) is -2.50. The van der Waals surface area contributed by atoms with Crippen LogP contribution in [0.2, 0.25) is 0 Å². The van der Waals surface area contributed by atoms with Crippen molar-refractivity contribution in [1.29, 1.82) is 0 Å². The van der Waals surface area contributed by atoms with Crippen LogP contribution in [0.25, 0.3) is 0 Å². The molecule has 2 saturated heterocycles. The van der Waals surface area contributed by atoms with E-state index in [1.54, 1.807) is 0 Å². The highest BCUT2D eigenvalue weighted by molar-refractivity contribution is 7.09. The summed E-state index contributed by atoms with van der Waals surface area (Å²) in [6, 6.07) is 4.32. The number of hydrogen-bond acceptors (Lipinski definition) is 4. The molecule has 3 heterocycles. The van der Waals surface area contributed by atoms with E-state index in [2.05, 4.69) is 27.7 Å². The van der Waals surface area contributed by atoms with Gasteiger partial charge in [0, 0.05) is 36.5 Å². The summed E-state index contributed by atoms with van der Waals surface area (Å²) in [5, 5.41) is 12.5. The Labute approximate surface area is 147 Å². The molecule has 1 aromatic heterocycles. The fourth-order valence-electron chi connectivity index (χ4n) is 3.15. The normalized spacial score (nSPS) is 20.5. The summed E-state index contributed by atoms with van der Waals surface area (Å²) in [5.41, 5.74) is 0.126. The molecule has 0 aromatic carbocycles. The Bertz CT molecular complexity index is 582. The minimum absolute atomic E-state index is 0.126. The van der Waals surface area contributed by atoms with E-state index in [4.69, 9.17) is 9.90 Å². The number of rotatable bonds is 2. The van der Waals surface area contributed by atoms with Gasteiger partial charge in [0.1, 0.15) is 0 Å². The standard InChI is InChI=1S/C14H20N2OS.C2HF3O2/c17-13-4-1-5-14(15-13)6-8-16(9-7-14)11-12-3-2-10-18-12;3-2(4,5)1(6)7/h2-3,10H,1,4-9,11H2,(H,15,17);(H,6,7). The summed E-state index contributed by atoms with van der Waals surface area (Å²) in [6.45, 7) is 3.29. The van der Waals surface area contributed by atoms with E-state index < -0.39 is 12.1 Å². The zero-order chi connectivity index (χ0) is 18.5. The molecule has 5 nitrogen and oxygen atoms in total. The van der Waals surface area contributed by atoms with Gasteiger partial charge in [-0.1, -0.05) is 6.07 Å². The van der Waals surface area contributed by atoms with Crippen LogP contribution >= 0.6 is 11.3 Å². The van der Waals surface area contributed by atoms with Crippen LogP contribution in [0.3, 0.4) is 0 Å². The van der Waals surface area contributed by atoms with Crippen LogP contribution in [-0.4, -0.2) is 46.7 Å². The second-order valence-corrected chi connectivity index (χ2v) is 7.37. The SMILES string of the molecule is O=C(O)C(F)(F)F.O=C1CCCC2(CCN(Cc3cccs3)CC2)N1. The number of likely N-dealkylation sites (tertiary alicyclic amines) is 1. The molecular weight excluding hydrogens is 357 g/mol. The van der Waals surface area contributed by atoms with Gasteiger partial charge in [-0.05, 0) is 37.1 Å². The number of amides is 1. The van der Waals surface area contributed by atoms with Gasteiger partial charge >= 0.3 is 12.1 Å². The van der Waals surface area contributed by atoms with Crippen molar-refractivity contribution in [3.8, 4) is 0 Å². The van der Waals surface area contributed by atoms with Crippen LogP contribution in [0.5, 0.6) is 0 Å². The lowest BCUT2D eigenvalue weighted by Gasteiger charge is -2.44. The number of halogens is 3. The molecule has 0 unspecified atom stereocenters. The van der Waals surface area contributed by atoms with Crippen LogP contribution in [0, 0.1) is 0 Å². The number of piperidine rings is 2. The lowest BCUT2D eigenvalue weighted by atomic mass is 9.80. The molecule has 2 N–H and O–H groups in total. The zero-order valence-corrected chi connectivity index (χ0v) is 14.5. The van der Waals surface area contributed by atoms with Crippen molar-refractivity contribution in [2.24, 2.45) is 0 Å². The number of hydrogen-bond donors (Lipinski definition) is 2. The van der Waals surface area contributed by atoms with E-state index in [9.17, 15) is 18.0 Å². The van der Waals surface area contributed by atoms with Crippen LogP contribution in [0.1, 0.15) is 37.0 Å². The molecule has 1 amide bonds. The van der Waals surface area contributed by atoms with Gasteiger partial charge in [-0.15, -0.1) is 11.3 Å². The second kappa shape index (κ2) is 8.18. The topological polar surface area (TPSA) is 69.6 Å². The minimum Gasteiger partial charge on any atom is -0.475 e. The number of carboxylic acids is 1. The number of carbonyl (C=O) groups is 2. The number of nitrogens with zero attached hydrogens (tertiary/aromatic N) is 1. The van der Waals surface area contributed by atoms with Gasteiger partial charge in [0.2, 0.25) is 5.91 Å². The van der Waals surface area contributed by atoms with Crippen molar-refractivity contribution in [2.45, 2.75) is 50.4 Å². The smallest absolute Gasteiger partial charge is 0.475 e. The molecule has 2 aliphatic heterocycles. The first-order chi connectivity index (χ1) is 11.7. The molecule has 0 radical (unpaired) electrons. The van der Waals surface area contributed by atoms with Crippen molar-refractivity contribution < 1.29 is 27.9 Å². The Morgan fingerprint density at radius 1 is 1.32 bits per heavy atom. The molecular formula is C16H21F3N2O3S. The number of carboxylic acid groups (broad SMARTS) is 1. The van der Waals surface area contributed by atoms with E-state index in [0.717, 1.165) is 45.3 Å². The molecule has 3 rings (SSSR count). The molecule has 2 aliphatic rings.